The first-order valence-electron chi connectivity index (χ1n) is 7.81. The molecule has 1 aliphatic rings. The quantitative estimate of drug-likeness (QED) is 0.800. The third kappa shape index (κ3) is 4.37. The molecule has 1 aromatic rings. The number of nitrogens with two attached hydrogens (primary N) is 1. The SMILES string of the molecule is COc1ccc(OC)c(CN(C(=O)CCC(C)N)C2CC2)c1. The highest BCUT2D eigenvalue weighted by Crippen LogP contribution is 2.32. The predicted molar refractivity (Wildman–Crippen MR) is 86.0 cm³/mol. The first-order chi connectivity index (χ1) is 10.5. The van der Waals surface area contributed by atoms with Gasteiger partial charge in [0.05, 0.1) is 14.2 Å². The monoisotopic (exact) mass is 306 g/mol. The molecule has 1 amide bonds. The molecule has 122 valence electrons. The van der Waals surface area contributed by atoms with Gasteiger partial charge in [-0.25, -0.2) is 0 Å². The Labute approximate surface area is 132 Å². The zero-order valence-electron chi connectivity index (χ0n) is 13.7. The van der Waals surface area contributed by atoms with Gasteiger partial charge in [-0.3, -0.25) is 4.79 Å². The van der Waals surface area contributed by atoms with Crippen LogP contribution in [-0.2, 0) is 11.3 Å². The van der Waals surface area contributed by atoms with Crippen molar-refractivity contribution in [1.29, 1.82) is 0 Å². The second kappa shape index (κ2) is 7.49. The van der Waals surface area contributed by atoms with Gasteiger partial charge in [0, 0.05) is 30.6 Å². The van der Waals surface area contributed by atoms with Crippen LogP contribution in [-0.4, -0.2) is 37.1 Å². The van der Waals surface area contributed by atoms with Crippen molar-refractivity contribution in [1.82, 2.24) is 4.90 Å². The largest absolute Gasteiger partial charge is 0.497 e. The second-order valence-corrected chi connectivity index (χ2v) is 5.95. The second-order valence-electron chi connectivity index (χ2n) is 5.95. The summed E-state index contributed by atoms with van der Waals surface area (Å²) in [5, 5.41) is 0. The molecule has 2 N–H and O–H groups in total. The highest BCUT2D eigenvalue weighted by Gasteiger charge is 2.32. The van der Waals surface area contributed by atoms with E-state index in [0.717, 1.165) is 36.3 Å². The van der Waals surface area contributed by atoms with Gasteiger partial charge in [0.1, 0.15) is 11.5 Å². The van der Waals surface area contributed by atoms with E-state index in [9.17, 15) is 4.79 Å². The van der Waals surface area contributed by atoms with Crippen LogP contribution in [0.2, 0.25) is 0 Å². The first kappa shape index (κ1) is 16.6. The Kier molecular flexibility index (Phi) is 5.66. The van der Waals surface area contributed by atoms with Gasteiger partial charge in [0.2, 0.25) is 5.91 Å². The van der Waals surface area contributed by atoms with Gasteiger partial charge in [-0.2, -0.15) is 0 Å². The number of hydrogen-bond acceptors (Lipinski definition) is 4. The maximum atomic E-state index is 12.5. The molecule has 0 aliphatic heterocycles. The molecule has 0 heterocycles. The standard InChI is InChI=1S/C17H26N2O3/c1-12(18)4-9-17(20)19(14-5-6-14)11-13-10-15(21-2)7-8-16(13)22-3/h7-8,10,12,14H,4-6,9,11,18H2,1-3H3. The van der Waals surface area contributed by atoms with Crippen molar-refractivity contribution < 1.29 is 14.3 Å². The number of ether oxygens (including phenoxy) is 2. The Morgan fingerprint density at radius 3 is 2.64 bits per heavy atom. The number of carbonyl (C=O) groups excluding carboxylic acids is 1. The van der Waals surface area contributed by atoms with E-state index >= 15 is 0 Å². The maximum Gasteiger partial charge on any atom is 0.223 e. The summed E-state index contributed by atoms with van der Waals surface area (Å²) in [5.41, 5.74) is 6.74. The van der Waals surface area contributed by atoms with Crippen LogP contribution in [0.3, 0.4) is 0 Å². The van der Waals surface area contributed by atoms with E-state index in [1.165, 1.54) is 0 Å². The van der Waals surface area contributed by atoms with E-state index < -0.39 is 0 Å². The van der Waals surface area contributed by atoms with Crippen LogP contribution < -0.4 is 15.2 Å². The van der Waals surface area contributed by atoms with E-state index in [1.807, 2.05) is 30.0 Å². The fraction of sp³-hybridized carbons (Fsp3) is 0.588. The molecule has 1 aliphatic carbocycles. The molecular formula is C17H26N2O3. The van der Waals surface area contributed by atoms with Crippen molar-refractivity contribution >= 4 is 5.91 Å². The fourth-order valence-electron chi connectivity index (χ4n) is 2.49. The van der Waals surface area contributed by atoms with Gasteiger partial charge in [0.15, 0.2) is 0 Å². The van der Waals surface area contributed by atoms with Crippen molar-refractivity contribution in [3.05, 3.63) is 23.8 Å². The van der Waals surface area contributed by atoms with Gasteiger partial charge < -0.3 is 20.1 Å². The average Bonchev–Trinajstić information content (AvgIpc) is 3.34. The van der Waals surface area contributed by atoms with E-state index in [4.69, 9.17) is 15.2 Å². The molecular weight excluding hydrogens is 280 g/mol. The van der Waals surface area contributed by atoms with Crippen LogP contribution in [0, 0.1) is 0 Å². The van der Waals surface area contributed by atoms with E-state index in [2.05, 4.69) is 0 Å². The molecule has 1 fully saturated rings. The smallest absolute Gasteiger partial charge is 0.223 e. The summed E-state index contributed by atoms with van der Waals surface area (Å²) in [6.45, 7) is 2.49. The van der Waals surface area contributed by atoms with Gasteiger partial charge in [-0.05, 0) is 44.4 Å². The van der Waals surface area contributed by atoms with E-state index in [0.29, 0.717) is 19.0 Å². The molecule has 5 nitrogen and oxygen atoms in total. The minimum absolute atomic E-state index is 0.0522. The van der Waals surface area contributed by atoms with Gasteiger partial charge in [0.25, 0.3) is 0 Å². The predicted octanol–water partition coefficient (Wildman–Crippen LogP) is 2.32. The molecule has 22 heavy (non-hydrogen) atoms. The van der Waals surface area contributed by atoms with Crippen molar-refractivity contribution in [2.24, 2.45) is 5.73 Å². The highest BCUT2D eigenvalue weighted by molar-refractivity contribution is 5.77. The molecule has 2 rings (SSSR count). The molecule has 1 saturated carbocycles. The molecule has 0 aromatic heterocycles. The number of nitrogens with zero attached hydrogens (tertiary/aromatic N) is 1. The first-order valence-corrected chi connectivity index (χ1v) is 7.81. The van der Waals surface area contributed by atoms with Crippen LogP contribution in [0.4, 0.5) is 0 Å². The summed E-state index contributed by atoms with van der Waals surface area (Å²) in [4.78, 5) is 14.4. The summed E-state index contributed by atoms with van der Waals surface area (Å²) in [6.07, 6.45) is 3.38. The van der Waals surface area contributed by atoms with Crippen LogP contribution in [0.25, 0.3) is 0 Å². The molecule has 1 atom stereocenters. The lowest BCUT2D eigenvalue weighted by atomic mass is 10.1. The van der Waals surface area contributed by atoms with Gasteiger partial charge in [-0.1, -0.05) is 0 Å². The molecule has 0 spiro atoms. The minimum atomic E-state index is 0.0522. The maximum absolute atomic E-state index is 12.5. The average molecular weight is 306 g/mol. The van der Waals surface area contributed by atoms with E-state index in [1.54, 1.807) is 14.2 Å². The number of carbonyl (C=O) groups is 1. The van der Waals surface area contributed by atoms with Gasteiger partial charge >= 0.3 is 0 Å². The van der Waals surface area contributed by atoms with Crippen LogP contribution in [0.1, 0.15) is 38.2 Å². The zero-order valence-corrected chi connectivity index (χ0v) is 13.7. The molecule has 1 unspecified atom stereocenters. The van der Waals surface area contributed by atoms with Crippen molar-refractivity contribution in [2.75, 3.05) is 14.2 Å². The third-order valence-corrected chi connectivity index (χ3v) is 3.95. The Morgan fingerprint density at radius 2 is 2.09 bits per heavy atom. The minimum Gasteiger partial charge on any atom is -0.497 e. The van der Waals surface area contributed by atoms with Crippen molar-refractivity contribution in [2.45, 2.75) is 51.2 Å². The Hall–Kier alpha value is -1.75. The summed E-state index contributed by atoms with van der Waals surface area (Å²) >= 11 is 0. The van der Waals surface area contributed by atoms with Crippen molar-refractivity contribution in [3.63, 3.8) is 0 Å². The number of benzene rings is 1. The molecule has 0 bridgehead atoms. The lowest BCUT2D eigenvalue weighted by molar-refractivity contribution is -0.132. The Bertz CT molecular complexity index is 513. The lowest BCUT2D eigenvalue weighted by Gasteiger charge is -2.24. The normalized spacial score (nSPS) is 15.3. The summed E-state index contributed by atoms with van der Waals surface area (Å²) in [5.74, 6) is 1.73. The topological polar surface area (TPSA) is 64.8 Å². The molecule has 0 radical (unpaired) electrons. The summed E-state index contributed by atoms with van der Waals surface area (Å²) < 4.78 is 10.7. The summed E-state index contributed by atoms with van der Waals surface area (Å²) in [6, 6.07) is 6.09. The Morgan fingerprint density at radius 1 is 1.36 bits per heavy atom. The van der Waals surface area contributed by atoms with Crippen LogP contribution >= 0.6 is 0 Å². The third-order valence-electron chi connectivity index (χ3n) is 3.95. The number of rotatable bonds is 8. The zero-order chi connectivity index (χ0) is 16.1. The number of methoxy groups -OCH3 is 2. The fourth-order valence-corrected chi connectivity index (χ4v) is 2.49. The number of hydrogen-bond donors (Lipinski definition) is 1. The lowest BCUT2D eigenvalue weighted by Crippen LogP contribution is -2.33. The molecule has 0 saturated heterocycles. The van der Waals surface area contributed by atoms with Crippen LogP contribution in [0.15, 0.2) is 18.2 Å². The highest BCUT2D eigenvalue weighted by atomic mass is 16.5. The molecule has 1 aromatic carbocycles. The number of amides is 1. The van der Waals surface area contributed by atoms with Crippen molar-refractivity contribution in [3.8, 4) is 11.5 Å². The summed E-state index contributed by atoms with van der Waals surface area (Å²) in [7, 11) is 3.28. The molecule has 5 heteroatoms. The Balaban J connectivity index is 2.12. The van der Waals surface area contributed by atoms with Crippen LogP contribution in [0.5, 0.6) is 11.5 Å². The van der Waals surface area contributed by atoms with E-state index in [-0.39, 0.29) is 11.9 Å². The van der Waals surface area contributed by atoms with Gasteiger partial charge in [-0.15, -0.1) is 0 Å².